The Labute approximate surface area is 83.3 Å². The third kappa shape index (κ3) is 2.43. The summed E-state index contributed by atoms with van der Waals surface area (Å²) in [4.78, 5) is 2.02. The Bertz CT molecular complexity index is 262. The molecule has 0 aromatic carbocycles. The predicted molar refractivity (Wildman–Crippen MR) is 53.7 cm³/mol. The molecule has 0 saturated carbocycles. The molecule has 0 amide bonds. The van der Waals surface area contributed by atoms with Crippen LogP contribution in [0.15, 0.2) is 6.20 Å². The van der Waals surface area contributed by atoms with Gasteiger partial charge in [-0.15, -0.1) is 0 Å². The fourth-order valence-electron chi connectivity index (χ4n) is 1.32. The van der Waals surface area contributed by atoms with E-state index in [0.29, 0.717) is 5.02 Å². The van der Waals surface area contributed by atoms with Crippen molar-refractivity contribution in [3.05, 3.63) is 16.9 Å². The van der Waals surface area contributed by atoms with Crippen LogP contribution in [0.1, 0.15) is 11.7 Å². The molecular formula is C8H15ClN4. The third-order valence-electron chi connectivity index (χ3n) is 1.85. The van der Waals surface area contributed by atoms with Gasteiger partial charge < -0.3 is 10.6 Å². The smallest absolute Gasteiger partial charge is 0.0834 e. The van der Waals surface area contributed by atoms with E-state index in [-0.39, 0.29) is 6.04 Å². The molecule has 1 aromatic rings. The molecule has 0 aliphatic carbocycles. The molecule has 1 unspecified atom stereocenters. The van der Waals surface area contributed by atoms with E-state index in [1.54, 1.807) is 10.9 Å². The van der Waals surface area contributed by atoms with Crippen LogP contribution < -0.4 is 5.73 Å². The number of likely N-dealkylation sites (N-methyl/N-ethyl adjacent to an activating group) is 1. The highest BCUT2D eigenvalue weighted by molar-refractivity contribution is 6.31. The van der Waals surface area contributed by atoms with Gasteiger partial charge in [-0.05, 0) is 14.1 Å². The summed E-state index contributed by atoms with van der Waals surface area (Å²) in [5, 5.41) is 4.67. The molecular weight excluding hydrogens is 188 g/mol. The first-order valence-electron chi connectivity index (χ1n) is 4.10. The summed E-state index contributed by atoms with van der Waals surface area (Å²) in [7, 11) is 5.80. The van der Waals surface area contributed by atoms with Crippen molar-refractivity contribution in [2.75, 3.05) is 20.6 Å². The fourth-order valence-corrected chi connectivity index (χ4v) is 1.62. The Morgan fingerprint density at radius 1 is 1.69 bits per heavy atom. The van der Waals surface area contributed by atoms with Gasteiger partial charge in [0.05, 0.1) is 23.0 Å². The Kier molecular flexibility index (Phi) is 3.30. The quantitative estimate of drug-likeness (QED) is 0.783. The molecule has 0 aliphatic rings. The Hall–Kier alpha value is -0.580. The highest BCUT2D eigenvalue weighted by Crippen LogP contribution is 2.20. The van der Waals surface area contributed by atoms with Crippen LogP contribution in [0.4, 0.5) is 0 Å². The molecule has 0 radical (unpaired) electrons. The third-order valence-corrected chi connectivity index (χ3v) is 2.14. The van der Waals surface area contributed by atoms with Crippen molar-refractivity contribution < 1.29 is 0 Å². The van der Waals surface area contributed by atoms with Gasteiger partial charge in [-0.3, -0.25) is 4.68 Å². The monoisotopic (exact) mass is 202 g/mol. The molecule has 4 nitrogen and oxygen atoms in total. The van der Waals surface area contributed by atoms with Gasteiger partial charge in [0.15, 0.2) is 0 Å². The number of aryl methyl sites for hydroxylation is 1. The summed E-state index contributed by atoms with van der Waals surface area (Å²) in [5.41, 5.74) is 6.84. The minimum Gasteiger partial charge on any atom is -0.322 e. The number of nitrogens with two attached hydrogens (primary N) is 1. The van der Waals surface area contributed by atoms with Crippen LogP contribution in [0.25, 0.3) is 0 Å². The average molecular weight is 203 g/mol. The zero-order chi connectivity index (χ0) is 10.0. The highest BCUT2D eigenvalue weighted by atomic mass is 35.5. The number of rotatable bonds is 3. The number of hydrogen-bond donors (Lipinski definition) is 1. The number of hydrogen-bond acceptors (Lipinski definition) is 3. The van der Waals surface area contributed by atoms with Crippen LogP contribution in [-0.2, 0) is 7.05 Å². The SMILES string of the molecule is CN(C)CC(N)c1c(Cl)cnn1C. The molecule has 0 fully saturated rings. The van der Waals surface area contributed by atoms with Gasteiger partial charge in [0.25, 0.3) is 0 Å². The summed E-state index contributed by atoms with van der Waals surface area (Å²) in [6, 6.07) is -0.0880. The normalized spacial score (nSPS) is 13.7. The van der Waals surface area contributed by atoms with E-state index in [2.05, 4.69) is 5.10 Å². The minimum atomic E-state index is -0.0880. The van der Waals surface area contributed by atoms with E-state index in [0.717, 1.165) is 12.2 Å². The predicted octanol–water partition coefficient (Wildman–Crippen LogP) is 0.635. The van der Waals surface area contributed by atoms with Gasteiger partial charge in [0.2, 0.25) is 0 Å². The minimum absolute atomic E-state index is 0.0880. The van der Waals surface area contributed by atoms with E-state index < -0.39 is 0 Å². The van der Waals surface area contributed by atoms with Gasteiger partial charge in [0, 0.05) is 13.6 Å². The second-order valence-corrected chi connectivity index (χ2v) is 3.78. The second kappa shape index (κ2) is 4.09. The lowest BCUT2D eigenvalue weighted by atomic mass is 10.2. The standard InChI is InChI=1S/C8H15ClN4/c1-12(2)5-7(10)8-6(9)4-11-13(8)3/h4,7H,5,10H2,1-3H3. The average Bonchev–Trinajstić information content (AvgIpc) is 2.29. The fraction of sp³-hybridized carbons (Fsp3) is 0.625. The molecule has 0 bridgehead atoms. The molecule has 2 N–H and O–H groups in total. The van der Waals surface area contributed by atoms with Gasteiger partial charge in [-0.2, -0.15) is 5.10 Å². The molecule has 0 spiro atoms. The van der Waals surface area contributed by atoms with Crippen molar-refractivity contribution in [3.8, 4) is 0 Å². The van der Waals surface area contributed by atoms with Crippen molar-refractivity contribution >= 4 is 11.6 Å². The maximum atomic E-state index is 5.96. The number of aromatic nitrogens is 2. The largest absolute Gasteiger partial charge is 0.322 e. The Balaban J connectivity index is 2.81. The van der Waals surface area contributed by atoms with E-state index in [4.69, 9.17) is 17.3 Å². The van der Waals surface area contributed by atoms with Crippen LogP contribution in [0.5, 0.6) is 0 Å². The number of halogens is 1. The summed E-state index contributed by atoms with van der Waals surface area (Å²) in [5.74, 6) is 0. The lowest BCUT2D eigenvalue weighted by molar-refractivity contribution is 0.368. The van der Waals surface area contributed by atoms with Crippen LogP contribution in [0, 0.1) is 0 Å². The van der Waals surface area contributed by atoms with Crippen molar-refractivity contribution in [1.82, 2.24) is 14.7 Å². The molecule has 1 rings (SSSR count). The number of nitrogens with zero attached hydrogens (tertiary/aromatic N) is 3. The maximum absolute atomic E-state index is 5.96. The lowest BCUT2D eigenvalue weighted by Crippen LogP contribution is -2.27. The maximum Gasteiger partial charge on any atom is 0.0834 e. The first kappa shape index (κ1) is 10.5. The van der Waals surface area contributed by atoms with Crippen LogP contribution in [0.2, 0.25) is 5.02 Å². The van der Waals surface area contributed by atoms with Gasteiger partial charge in [-0.1, -0.05) is 11.6 Å². The summed E-state index contributed by atoms with van der Waals surface area (Å²) in [6.07, 6.45) is 1.62. The van der Waals surface area contributed by atoms with Gasteiger partial charge in [-0.25, -0.2) is 0 Å². The Morgan fingerprint density at radius 2 is 2.31 bits per heavy atom. The first-order chi connectivity index (χ1) is 6.02. The Morgan fingerprint density at radius 3 is 2.69 bits per heavy atom. The van der Waals surface area contributed by atoms with E-state index >= 15 is 0 Å². The lowest BCUT2D eigenvalue weighted by Gasteiger charge is -2.17. The summed E-state index contributed by atoms with van der Waals surface area (Å²) < 4.78 is 1.72. The van der Waals surface area contributed by atoms with Crippen molar-refractivity contribution in [1.29, 1.82) is 0 Å². The molecule has 74 valence electrons. The van der Waals surface area contributed by atoms with E-state index in [1.807, 2.05) is 26.0 Å². The zero-order valence-corrected chi connectivity index (χ0v) is 8.91. The summed E-state index contributed by atoms with van der Waals surface area (Å²) >= 11 is 5.94. The molecule has 1 atom stereocenters. The first-order valence-corrected chi connectivity index (χ1v) is 4.48. The van der Waals surface area contributed by atoms with Crippen LogP contribution in [0.3, 0.4) is 0 Å². The molecule has 13 heavy (non-hydrogen) atoms. The van der Waals surface area contributed by atoms with Crippen molar-refractivity contribution in [3.63, 3.8) is 0 Å². The van der Waals surface area contributed by atoms with Gasteiger partial charge >= 0.3 is 0 Å². The van der Waals surface area contributed by atoms with E-state index in [1.165, 1.54) is 0 Å². The molecule has 5 heteroatoms. The highest BCUT2D eigenvalue weighted by Gasteiger charge is 2.15. The topological polar surface area (TPSA) is 47.1 Å². The van der Waals surface area contributed by atoms with Crippen molar-refractivity contribution in [2.45, 2.75) is 6.04 Å². The van der Waals surface area contributed by atoms with E-state index in [9.17, 15) is 0 Å². The second-order valence-electron chi connectivity index (χ2n) is 3.37. The van der Waals surface area contributed by atoms with Crippen LogP contribution in [-0.4, -0.2) is 35.3 Å². The van der Waals surface area contributed by atoms with Crippen LogP contribution >= 0.6 is 11.6 Å². The van der Waals surface area contributed by atoms with Gasteiger partial charge in [0.1, 0.15) is 0 Å². The zero-order valence-electron chi connectivity index (χ0n) is 8.16. The molecule has 0 aliphatic heterocycles. The molecule has 1 heterocycles. The van der Waals surface area contributed by atoms with Crippen molar-refractivity contribution in [2.24, 2.45) is 12.8 Å². The molecule has 1 aromatic heterocycles. The molecule has 0 saturated heterocycles. The summed E-state index contributed by atoms with van der Waals surface area (Å²) in [6.45, 7) is 0.763.